The standard InChI is InChI=1S/C35H32N2O7S4/c1-2-23(22-33-37(17-6-20-48(41,42)43)35-28-15-18-44-29(28)12-14-31(35)46-33)21-32-36(16-5-19-47(38,39)40)34-27-10-9-24-7-3-4-8-25(24)26(27)11-13-30(34)45-32/h3-4,7-15,18,21-22H,2,5-6,16-17,19-20H2,1H3,(H-,38,39,40,41,42,43)/p+1. The molecule has 0 saturated carbocycles. The molecular weight excluding hydrogens is 689 g/mol. The molecule has 0 radical (unpaired) electrons. The van der Waals surface area contributed by atoms with Crippen LogP contribution in [0.5, 0.6) is 0 Å². The van der Waals surface area contributed by atoms with Gasteiger partial charge in [0.1, 0.15) is 10.3 Å². The van der Waals surface area contributed by atoms with E-state index in [-0.39, 0.29) is 24.3 Å². The van der Waals surface area contributed by atoms with Crippen LogP contribution in [0.3, 0.4) is 0 Å². The van der Waals surface area contributed by atoms with Gasteiger partial charge in [0.05, 0.1) is 33.9 Å². The molecule has 1 aliphatic rings. The summed E-state index contributed by atoms with van der Waals surface area (Å²) in [6.45, 7) is 2.85. The minimum atomic E-state index is -4.12. The molecular formula is C35H33N2O7S4+. The lowest BCUT2D eigenvalue weighted by atomic mass is 10.0. The summed E-state index contributed by atoms with van der Waals surface area (Å²) < 4.78 is 74.2. The molecule has 2 aromatic heterocycles. The van der Waals surface area contributed by atoms with Crippen LogP contribution in [-0.2, 0) is 26.8 Å². The molecule has 9 nitrogen and oxygen atoms in total. The van der Waals surface area contributed by atoms with Crippen LogP contribution in [0.25, 0.3) is 48.8 Å². The highest BCUT2D eigenvalue weighted by molar-refractivity contribution is 8.03. The fraction of sp³-hybridized carbons (Fsp3) is 0.229. The zero-order chi connectivity index (χ0) is 33.6. The summed E-state index contributed by atoms with van der Waals surface area (Å²) in [7, 11) is -8.23. The Morgan fingerprint density at radius 2 is 1.65 bits per heavy atom. The van der Waals surface area contributed by atoms with Crippen LogP contribution in [0.4, 0.5) is 5.69 Å². The summed E-state index contributed by atoms with van der Waals surface area (Å²) in [5.41, 5.74) is 3.73. The first-order valence-corrected chi connectivity index (χ1v) is 20.4. The first-order chi connectivity index (χ1) is 23.0. The van der Waals surface area contributed by atoms with E-state index in [9.17, 15) is 25.9 Å². The second-order valence-corrected chi connectivity index (χ2v) is 17.0. The van der Waals surface area contributed by atoms with E-state index in [1.807, 2.05) is 30.3 Å². The highest BCUT2D eigenvalue weighted by Crippen LogP contribution is 2.51. The van der Waals surface area contributed by atoms with Gasteiger partial charge in [-0.25, -0.2) is 0 Å². The number of allylic oxidation sites excluding steroid dienone is 2. The van der Waals surface area contributed by atoms with Gasteiger partial charge in [0.25, 0.3) is 25.2 Å². The molecule has 13 heteroatoms. The summed E-state index contributed by atoms with van der Waals surface area (Å²) in [5, 5.41) is 7.27. The van der Waals surface area contributed by atoms with Gasteiger partial charge in [-0.2, -0.15) is 21.4 Å². The predicted molar refractivity (Wildman–Crippen MR) is 195 cm³/mol. The average molecular weight is 722 g/mol. The maximum absolute atomic E-state index is 11.7. The number of fused-ring (bicyclic) bond motifs is 8. The monoisotopic (exact) mass is 721 g/mol. The number of furan rings is 1. The van der Waals surface area contributed by atoms with Crippen LogP contribution >= 0.6 is 23.1 Å². The van der Waals surface area contributed by atoms with Crippen molar-refractivity contribution in [2.45, 2.75) is 37.6 Å². The molecule has 4 aromatic carbocycles. The minimum Gasteiger partial charge on any atom is -0.464 e. The molecule has 0 unspecified atom stereocenters. The van der Waals surface area contributed by atoms with Gasteiger partial charge >= 0.3 is 0 Å². The lowest BCUT2D eigenvalue weighted by Gasteiger charge is -2.22. The Morgan fingerprint density at radius 1 is 0.875 bits per heavy atom. The SMILES string of the molecule is CCC(/C=C1\Sc2ccc3c(ccc4ccccc43)c2N1CCCS(=O)(=O)O)=C\c1sc2ccc3occc3c2[n+]1CCCS(=O)(=O)O. The van der Waals surface area contributed by atoms with Gasteiger partial charge in [0.2, 0.25) is 5.52 Å². The smallest absolute Gasteiger partial charge is 0.265 e. The van der Waals surface area contributed by atoms with Gasteiger partial charge in [-0.15, -0.1) is 0 Å². The molecule has 0 amide bonds. The Hall–Kier alpha value is -3.72. The quantitative estimate of drug-likeness (QED) is 0.0776. The van der Waals surface area contributed by atoms with E-state index >= 15 is 0 Å². The number of aromatic nitrogens is 1. The topological polar surface area (TPSA) is 129 Å². The maximum atomic E-state index is 11.7. The molecule has 0 aliphatic carbocycles. The molecule has 7 rings (SSSR count). The molecule has 2 N–H and O–H groups in total. The summed E-state index contributed by atoms with van der Waals surface area (Å²) in [6, 6.07) is 22.6. The number of hydrogen-bond acceptors (Lipinski definition) is 8. The fourth-order valence-electron chi connectivity index (χ4n) is 6.37. The van der Waals surface area contributed by atoms with Gasteiger partial charge in [-0.1, -0.05) is 72.5 Å². The molecule has 0 spiro atoms. The van der Waals surface area contributed by atoms with Crippen molar-refractivity contribution in [1.82, 2.24) is 0 Å². The van der Waals surface area contributed by atoms with Crippen molar-refractivity contribution in [2.24, 2.45) is 0 Å². The third-order valence-corrected chi connectivity index (χ3v) is 12.3. The van der Waals surface area contributed by atoms with Crippen LogP contribution in [-0.4, -0.2) is 44.0 Å². The molecule has 0 fully saturated rings. The highest BCUT2D eigenvalue weighted by atomic mass is 32.2. The summed E-state index contributed by atoms with van der Waals surface area (Å²) in [6.07, 6.45) is 7.07. The Balaban J connectivity index is 1.33. The van der Waals surface area contributed by atoms with Gasteiger partial charge in [-0.05, 0) is 64.9 Å². The van der Waals surface area contributed by atoms with Crippen LogP contribution in [0.15, 0.2) is 99.0 Å². The number of thioether (sulfide) groups is 1. The number of rotatable bonds is 11. The predicted octanol–water partition coefficient (Wildman–Crippen LogP) is 8.04. The minimum absolute atomic E-state index is 0.238. The lowest BCUT2D eigenvalue weighted by molar-refractivity contribution is -0.667. The second kappa shape index (κ2) is 13.0. The lowest BCUT2D eigenvalue weighted by Crippen LogP contribution is -2.36. The van der Waals surface area contributed by atoms with Gasteiger partial charge in [0, 0.05) is 29.3 Å². The number of thiazole rings is 1. The van der Waals surface area contributed by atoms with E-state index in [0.717, 1.165) is 68.9 Å². The summed E-state index contributed by atoms with van der Waals surface area (Å²) in [5.74, 6) is -0.683. The Morgan fingerprint density at radius 3 is 2.44 bits per heavy atom. The van der Waals surface area contributed by atoms with Gasteiger partial charge in [-0.3, -0.25) is 9.11 Å². The number of aryl methyl sites for hydroxylation is 1. The molecule has 0 atom stereocenters. The van der Waals surface area contributed by atoms with Gasteiger partial charge < -0.3 is 9.32 Å². The second-order valence-electron chi connectivity index (χ2n) is 11.7. The van der Waals surface area contributed by atoms with Crippen LogP contribution in [0.2, 0.25) is 0 Å². The zero-order valence-electron chi connectivity index (χ0n) is 26.0. The largest absolute Gasteiger partial charge is 0.464 e. The van der Waals surface area contributed by atoms with Crippen molar-refractivity contribution >= 4 is 97.8 Å². The molecule has 248 valence electrons. The van der Waals surface area contributed by atoms with Crippen molar-refractivity contribution in [3.8, 4) is 0 Å². The van der Waals surface area contributed by atoms with Crippen molar-refractivity contribution in [2.75, 3.05) is 23.0 Å². The summed E-state index contributed by atoms with van der Waals surface area (Å²) >= 11 is 3.23. The van der Waals surface area contributed by atoms with Crippen molar-refractivity contribution in [1.29, 1.82) is 0 Å². The Labute approximate surface area is 286 Å². The molecule has 3 heterocycles. The van der Waals surface area contributed by atoms with Crippen LogP contribution in [0, 0.1) is 0 Å². The third-order valence-electron chi connectivity index (χ3n) is 8.53. The average Bonchev–Trinajstić information content (AvgIpc) is 3.75. The summed E-state index contributed by atoms with van der Waals surface area (Å²) in [4.78, 5) is 3.22. The first kappa shape index (κ1) is 32.8. The molecule has 48 heavy (non-hydrogen) atoms. The fourth-order valence-corrected chi connectivity index (χ4v) is 9.72. The highest BCUT2D eigenvalue weighted by Gasteiger charge is 2.29. The molecule has 1 aliphatic heterocycles. The number of nitrogens with zero attached hydrogens (tertiary/aromatic N) is 2. The third kappa shape index (κ3) is 6.63. The first-order valence-electron chi connectivity index (χ1n) is 15.5. The van der Waals surface area contributed by atoms with Crippen LogP contribution < -0.4 is 9.47 Å². The van der Waals surface area contributed by atoms with Crippen molar-refractivity contribution in [3.63, 3.8) is 0 Å². The van der Waals surface area contributed by atoms with Crippen LogP contribution in [0.1, 0.15) is 31.2 Å². The number of anilines is 1. The van der Waals surface area contributed by atoms with E-state index in [4.69, 9.17) is 4.42 Å². The number of benzene rings is 4. The molecule has 0 saturated heterocycles. The maximum Gasteiger partial charge on any atom is 0.265 e. The van der Waals surface area contributed by atoms with Crippen molar-refractivity contribution in [3.05, 3.63) is 94.7 Å². The molecule has 0 bridgehead atoms. The van der Waals surface area contributed by atoms with Gasteiger partial charge in [0.15, 0.2) is 6.54 Å². The zero-order valence-corrected chi connectivity index (χ0v) is 29.3. The van der Waals surface area contributed by atoms with E-state index in [1.165, 1.54) is 0 Å². The Kier molecular flexibility index (Phi) is 8.85. The van der Waals surface area contributed by atoms with E-state index in [2.05, 4.69) is 64.9 Å². The molecule has 6 aromatic rings. The van der Waals surface area contributed by atoms with Crippen molar-refractivity contribution < 1.29 is 34.9 Å². The van der Waals surface area contributed by atoms with E-state index in [1.54, 1.807) is 29.4 Å². The van der Waals surface area contributed by atoms with E-state index < -0.39 is 20.2 Å². The Bertz CT molecular complexity index is 2500. The number of hydrogen-bond donors (Lipinski definition) is 2. The van der Waals surface area contributed by atoms with E-state index in [0.29, 0.717) is 19.5 Å². The normalized spacial score (nSPS) is 15.1.